The van der Waals surface area contributed by atoms with Gasteiger partial charge in [0.25, 0.3) is 0 Å². The Morgan fingerprint density at radius 2 is 2.22 bits per heavy atom. The van der Waals surface area contributed by atoms with Crippen LogP contribution in [0.5, 0.6) is 0 Å². The molecule has 0 aromatic carbocycles. The van der Waals surface area contributed by atoms with Gasteiger partial charge in [-0.05, 0) is 25.8 Å². The van der Waals surface area contributed by atoms with E-state index >= 15 is 0 Å². The zero-order valence-corrected chi connectivity index (χ0v) is 6.28. The van der Waals surface area contributed by atoms with Crippen LogP contribution in [0.15, 0.2) is 12.2 Å². The van der Waals surface area contributed by atoms with Crippen molar-refractivity contribution in [2.75, 3.05) is 6.54 Å². The Morgan fingerprint density at radius 1 is 1.56 bits per heavy atom. The quantitative estimate of drug-likeness (QED) is 0.484. The van der Waals surface area contributed by atoms with E-state index in [9.17, 15) is 0 Å². The Hall–Kier alpha value is -0.300. The number of piperidine rings is 1. The third kappa shape index (κ3) is 1.33. The maximum atomic E-state index is 4.01. The van der Waals surface area contributed by atoms with E-state index in [0.717, 1.165) is 12.5 Å². The molecule has 1 N–H and O–H groups in total. The number of hydrogen-bond donors (Lipinski definition) is 1. The Kier molecular flexibility index (Phi) is 1.91. The summed E-state index contributed by atoms with van der Waals surface area (Å²) in [5.74, 6) is 0.723. The third-order valence-corrected chi connectivity index (χ3v) is 2.22. The van der Waals surface area contributed by atoms with Crippen LogP contribution in [0.4, 0.5) is 0 Å². The first-order chi connectivity index (χ1) is 4.22. The molecule has 1 heterocycles. The lowest BCUT2D eigenvalue weighted by Crippen LogP contribution is -2.36. The van der Waals surface area contributed by atoms with Gasteiger partial charge in [-0.25, -0.2) is 0 Å². The van der Waals surface area contributed by atoms with Gasteiger partial charge in [0.1, 0.15) is 0 Å². The van der Waals surface area contributed by atoms with Crippen LogP contribution in [-0.4, -0.2) is 12.6 Å². The van der Waals surface area contributed by atoms with Gasteiger partial charge < -0.3 is 5.32 Å². The zero-order valence-electron chi connectivity index (χ0n) is 6.28. The molecule has 52 valence electrons. The Balaban J connectivity index is 2.52. The predicted molar refractivity (Wildman–Crippen MR) is 40.4 cm³/mol. The van der Waals surface area contributed by atoms with Crippen LogP contribution in [0.2, 0.25) is 0 Å². The van der Waals surface area contributed by atoms with Crippen LogP contribution in [0.3, 0.4) is 0 Å². The Morgan fingerprint density at radius 3 is 2.67 bits per heavy atom. The fourth-order valence-corrected chi connectivity index (χ4v) is 1.26. The Labute approximate surface area is 57.1 Å². The van der Waals surface area contributed by atoms with Crippen molar-refractivity contribution >= 4 is 0 Å². The summed E-state index contributed by atoms with van der Waals surface area (Å²) in [5.41, 5.74) is 1.36. The van der Waals surface area contributed by atoms with Gasteiger partial charge in [-0.1, -0.05) is 19.1 Å². The number of rotatable bonds is 0. The van der Waals surface area contributed by atoms with Crippen LogP contribution < -0.4 is 5.32 Å². The maximum Gasteiger partial charge on any atom is 0.0251 e. The molecule has 2 unspecified atom stereocenters. The van der Waals surface area contributed by atoms with Crippen LogP contribution in [-0.2, 0) is 0 Å². The highest BCUT2D eigenvalue weighted by atomic mass is 14.9. The summed E-state index contributed by atoms with van der Waals surface area (Å²) in [6, 6.07) is 0.536. The molecule has 1 saturated heterocycles. The third-order valence-electron chi connectivity index (χ3n) is 2.22. The molecular weight excluding hydrogens is 110 g/mol. The van der Waals surface area contributed by atoms with E-state index in [0.29, 0.717) is 6.04 Å². The summed E-state index contributed by atoms with van der Waals surface area (Å²) in [6.45, 7) is 9.60. The van der Waals surface area contributed by atoms with E-state index in [2.05, 4.69) is 25.7 Å². The van der Waals surface area contributed by atoms with Crippen molar-refractivity contribution in [1.82, 2.24) is 5.32 Å². The van der Waals surface area contributed by atoms with E-state index in [-0.39, 0.29) is 0 Å². The molecule has 0 saturated carbocycles. The summed E-state index contributed by atoms with van der Waals surface area (Å²) in [7, 11) is 0. The largest absolute Gasteiger partial charge is 0.311 e. The zero-order chi connectivity index (χ0) is 6.85. The minimum absolute atomic E-state index is 0.536. The van der Waals surface area contributed by atoms with Crippen LogP contribution >= 0.6 is 0 Å². The lowest BCUT2D eigenvalue weighted by molar-refractivity contribution is 0.436. The molecule has 0 aromatic heterocycles. The monoisotopic (exact) mass is 125 g/mol. The van der Waals surface area contributed by atoms with Gasteiger partial charge >= 0.3 is 0 Å². The highest BCUT2D eigenvalue weighted by Crippen LogP contribution is 2.19. The lowest BCUT2D eigenvalue weighted by Gasteiger charge is -2.28. The second-order valence-corrected chi connectivity index (χ2v) is 2.94. The average molecular weight is 125 g/mol. The lowest BCUT2D eigenvalue weighted by atomic mass is 9.90. The summed E-state index contributed by atoms with van der Waals surface area (Å²) < 4.78 is 0. The molecule has 2 atom stereocenters. The first-order valence-electron chi connectivity index (χ1n) is 3.64. The second-order valence-electron chi connectivity index (χ2n) is 2.94. The van der Waals surface area contributed by atoms with Gasteiger partial charge in [0, 0.05) is 6.04 Å². The van der Waals surface area contributed by atoms with Gasteiger partial charge in [0.2, 0.25) is 0 Å². The van der Waals surface area contributed by atoms with Gasteiger partial charge in [-0.2, -0.15) is 0 Å². The molecule has 0 spiro atoms. The fraction of sp³-hybridized carbons (Fsp3) is 0.750. The minimum atomic E-state index is 0.536. The molecule has 0 radical (unpaired) electrons. The standard InChI is InChI=1S/C8H15N/c1-6-4-5-9-8(3)7(6)2/h6,8-9H,2,4-5H2,1,3H3. The van der Waals surface area contributed by atoms with E-state index in [1.807, 2.05) is 0 Å². The highest BCUT2D eigenvalue weighted by Gasteiger charge is 2.17. The number of hydrogen-bond acceptors (Lipinski definition) is 1. The Bertz CT molecular complexity index is 106. The summed E-state index contributed by atoms with van der Waals surface area (Å²) in [4.78, 5) is 0. The molecule has 1 fully saturated rings. The summed E-state index contributed by atoms with van der Waals surface area (Å²) in [5, 5.41) is 3.36. The van der Waals surface area contributed by atoms with Crippen molar-refractivity contribution in [3.63, 3.8) is 0 Å². The van der Waals surface area contributed by atoms with Crippen molar-refractivity contribution in [1.29, 1.82) is 0 Å². The smallest absolute Gasteiger partial charge is 0.0251 e. The van der Waals surface area contributed by atoms with E-state index in [1.165, 1.54) is 12.0 Å². The first kappa shape index (κ1) is 6.81. The molecular formula is C8H15N. The molecule has 0 aliphatic carbocycles. The molecule has 1 aliphatic heterocycles. The molecule has 1 nitrogen and oxygen atoms in total. The minimum Gasteiger partial charge on any atom is -0.311 e. The van der Waals surface area contributed by atoms with Gasteiger partial charge in [0.05, 0.1) is 0 Å². The van der Waals surface area contributed by atoms with Crippen LogP contribution in [0.1, 0.15) is 20.3 Å². The van der Waals surface area contributed by atoms with Crippen LogP contribution in [0.25, 0.3) is 0 Å². The molecule has 0 amide bonds. The first-order valence-corrected chi connectivity index (χ1v) is 3.64. The van der Waals surface area contributed by atoms with Crippen molar-refractivity contribution in [2.24, 2.45) is 5.92 Å². The van der Waals surface area contributed by atoms with Crippen molar-refractivity contribution < 1.29 is 0 Å². The average Bonchev–Trinajstić information content (AvgIpc) is 1.83. The molecule has 1 aliphatic rings. The molecule has 0 bridgehead atoms. The van der Waals surface area contributed by atoms with Gasteiger partial charge in [-0.15, -0.1) is 0 Å². The highest BCUT2D eigenvalue weighted by molar-refractivity contribution is 5.10. The predicted octanol–water partition coefficient (Wildman–Crippen LogP) is 1.56. The fourth-order valence-electron chi connectivity index (χ4n) is 1.26. The second kappa shape index (κ2) is 2.53. The van der Waals surface area contributed by atoms with Crippen molar-refractivity contribution in [3.05, 3.63) is 12.2 Å². The molecule has 1 heteroatoms. The summed E-state index contributed by atoms with van der Waals surface area (Å²) >= 11 is 0. The summed E-state index contributed by atoms with van der Waals surface area (Å²) in [6.07, 6.45) is 1.25. The van der Waals surface area contributed by atoms with Crippen molar-refractivity contribution in [2.45, 2.75) is 26.3 Å². The van der Waals surface area contributed by atoms with E-state index in [1.54, 1.807) is 0 Å². The maximum absolute atomic E-state index is 4.01. The van der Waals surface area contributed by atoms with E-state index in [4.69, 9.17) is 0 Å². The normalized spacial score (nSPS) is 36.9. The van der Waals surface area contributed by atoms with E-state index < -0.39 is 0 Å². The van der Waals surface area contributed by atoms with Crippen molar-refractivity contribution in [3.8, 4) is 0 Å². The molecule has 1 rings (SSSR count). The number of nitrogens with one attached hydrogen (secondary N) is 1. The topological polar surface area (TPSA) is 12.0 Å². The molecule has 9 heavy (non-hydrogen) atoms. The molecule has 0 aromatic rings. The van der Waals surface area contributed by atoms with Gasteiger partial charge in [0.15, 0.2) is 0 Å². The SMILES string of the molecule is C=C1C(C)CCNC1C. The van der Waals surface area contributed by atoms with Crippen LogP contribution in [0, 0.1) is 5.92 Å². The van der Waals surface area contributed by atoms with Gasteiger partial charge in [-0.3, -0.25) is 0 Å².